The fourth-order valence-corrected chi connectivity index (χ4v) is 0.878. The van der Waals surface area contributed by atoms with Crippen molar-refractivity contribution in [1.82, 2.24) is 4.98 Å². The molecule has 0 aliphatic heterocycles. The molecule has 1 rings (SSSR count). The van der Waals surface area contributed by atoms with E-state index in [4.69, 9.17) is 15.2 Å². The molecule has 0 saturated carbocycles. The predicted octanol–water partition coefficient (Wildman–Crippen LogP) is -1.40. The Kier molecular flexibility index (Phi) is 2.59. The maximum atomic E-state index is 12.8. The van der Waals surface area contributed by atoms with Gasteiger partial charge in [0.1, 0.15) is 5.82 Å². The zero-order valence-corrected chi connectivity index (χ0v) is 6.31. The van der Waals surface area contributed by atoms with Crippen LogP contribution in [-0.2, 0) is 0 Å². The maximum absolute atomic E-state index is 12.8. The van der Waals surface area contributed by atoms with Crippen LogP contribution in [0.4, 0.5) is 4.39 Å². The molecule has 13 heavy (non-hydrogen) atoms. The third-order valence-electron chi connectivity index (χ3n) is 1.43. The molecule has 7 heteroatoms. The van der Waals surface area contributed by atoms with Gasteiger partial charge in [-0.05, 0) is 0 Å². The summed E-state index contributed by atoms with van der Waals surface area (Å²) in [5, 5.41) is 25.8. The second-order valence-electron chi connectivity index (χ2n) is 2.26. The third-order valence-corrected chi connectivity index (χ3v) is 1.43. The molecule has 68 valence electrons. The Balaban J connectivity index is 3.34. The van der Waals surface area contributed by atoms with Crippen LogP contribution in [-0.4, -0.2) is 33.2 Å². The monoisotopic (exact) mass is 185 g/mol. The predicted molar refractivity (Wildman–Crippen MR) is 41.0 cm³/mol. The number of halogens is 1. The SMILES string of the molecule is O=C(O)c1cncc(F)c1B(O)O. The number of aromatic nitrogens is 1. The van der Waals surface area contributed by atoms with Gasteiger partial charge in [-0.25, -0.2) is 9.18 Å². The molecule has 0 fully saturated rings. The molecule has 0 unspecified atom stereocenters. The summed E-state index contributed by atoms with van der Waals surface area (Å²) in [6, 6.07) is 0. The lowest BCUT2D eigenvalue weighted by Crippen LogP contribution is -2.37. The fourth-order valence-electron chi connectivity index (χ4n) is 0.878. The summed E-state index contributed by atoms with van der Waals surface area (Å²) in [5.41, 5.74) is -1.24. The number of rotatable bonds is 2. The van der Waals surface area contributed by atoms with E-state index < -0.39 is 29.9 Å². The van der Waals surface area contributed by atoms with Gasteiger partial charge in [0.05, 0.1) is 11.8 Å². The zero-order chi connectivity index (χ0) is 10.0. The second kappa shape index (κ2) is 3.50. The molecule has 5 nitrogen and oxygen atoms in total. The number of carboxylic acid groups (broad SMARTS) is 1. The Labute approximate surface area is 72.6 Å². The van der Waals surface area contributed by atoms with Gasteiger partial charge in [0, 0.05) is 11.7 Å². The van der Waals surface area contributed by atoms with E-state index in [2.05, 4.69) is 4.98 Å². The van der Waals surface area contributed by atoms with Crippen molar-refractivity contribution in [2.45, 2.75) is 0 Å². The third kappa shape index (κ3) is 1.82. The highest BCUT2D eigenvalue weighted by molar-refractivity contribution is 6.60. The van der Waals surface area contributed by atoms with Crippen LogP contribution in [0.3, 0.4) is 0 Å². The minimum absolute atomic E-state index is 0.560. The molecule has 0 spiro atoms. The number of hydrogen-bond acceptors (Lipinski definition) is 4. The van der Waals surface area contributed by atoms with Gasteiger partial charge in [0.15, 0.2) is 0 Å². The first-order chi connectivity index (χ1) is 6.04. The van der Waals surface area contributed by atoms with Crippen molar-refractivity contribution >= 4 is 18.6 Å². The summed E-state index contributed by atoms with van der Waals surface area (Å²) in [7, 11) is -2.16. The summed E-state index contributed by atoms with van der Waals surface area (Å²) in [5.74, 6) is -2.52. The maximum Gasteiger partial charge on any atom is 0.492 e. The van der Waals surface area contributed by atoms with Gasteiger partial charge in [0.25, 0.3) is 0 Å². The van der Waals surface area contributed by atoms with Crippen molar-refractivity contribution in [2.24, 2.45) is 0 Å². The molecule has 0 atom stereocenters. The van der Waals surface area contributed by atoms with Crippen LogP contribution in [0.25, 0.3) is 0 Å². The minimum Gasteiger partial charge on any atom is -0.478 e. The van der Waals surface area contributed by atoms with Gasteiger partial charge < -0.3 is 15.2 Å². The van der Waals surface area contributed by atoms with Gasteiger partial charge in [-0.2, -0.15) is 0 Å². The average Bonchev–Trinajstić information content (AvgIpc) is 2.02. The molecule has 0 radical (unpaired) electrons. The minimum atomic E-state index is -2.16. The molecular weight excluding hydrogens is 180 g/mol. The normalized spacial score (nSPS) is 9.77. The highest BCUT2D eigenvalue weighted by Crippen LogP contribution is 1.99. The number of aromatic carboxylic acids is 1. The molecule has 0 aromatic carbocycles. The summed E-state index contributed by atoms with van der Waals surface area (Å²) < 4.78 is 12.8. The number of carbonyl (C=O) groups is 1. The molecule has 0 aliphatic rings. The molecule has 1 aromatic rings. The quantitative estimate of drug-likeness (QED) is 0.492. The standard InChI is InChI=1S/C6H5BFNO4/c8-4-2-9-1-3(6(10)11)5(4)7(12)13/h1-2,12-13H,(H,10,11). The molecule has 0 aliphatic carbocycles. The van der Waals surface area contributed by atoms with Crippen LogP contribution in [0.5, 0.6) is 0 Å². The van der Waals surface area contributed by atoms with Crippen LogP contribution >= 0.6 is 0 Å². The van der Waals surface area contributed by atoms with E-state index in [9.17, 15) is 9.18 Å². The smallest absolute Gasteiger partial charge is 0.478 e. The lowest BCUT2D eigenvalue weighted by atomic mass is 9.77. The highest BCUT2D eigenvalue weighted by atomic mass is 19.1. The van der Waals surface area contributed by atoms with Crippen molar-refractivity contribution < 1.29 is 24.3 Å². The Morgan fingerprint density at radius 3 is 2.46 bits per heavy atom. The number of carboxylic acids is 1. The Bertz CT molecular complexity index is 343. The summed E-state index contributed by atoms with van der Waals surface area (Å²) >= 11 is 0. The van der Waals surface area contributed by atoms with Gasteiger partial charge in [-0.3, -0.25) is 4.98 Å². The molecule has 1 aromatic heterocycles. The van der Waals surface area contributed by atoms with Crippen LogP contribution < -0.4 is 5.46 Å². The van der Waals surface area contributed by atoms with E-state index in [1.807, 2.05) is 0 Å². The molecule has 0 bridgehead atoms. The lowest BCUT2D eigenvalue weighted by molar-refractivity contribution is 0.0697. The number of hydrogen-bond donors (Lipinski definition) is 3. The van der Waals surface area contributed by atoms with Gasteiger partial charge in [0.2, 0.25) is 0 Å². The molecule has 0 saturated heterocycles. The first-order valence-electron chi connectivity index (χ1n) is 3.27. The van der Waals surface area contributed by atoms with Gasteiger partial charge in [-0.1, -0.05) is 0 Å². The topological polar surface area (TPSA) is 90.7 Å². The number of nitrogens with zero attached hydrogens (tertiary/aromatic N) is 1. The van der Waals surface area contributed by atoms with Crippen molar-refractivity contribution in [3.05, 3.63) is 23.8 Å². The van der Waals surface area contributed by atoms with E-state index in [1.165, 1.54) is 0 Å². The first-order valence-corrected chi connectivity index (χ1v) is 3.27. The summed E-state index contributed by atoms with van der Waals surface area (Å²) in [4.78, 5) is 13.7. The van der Waals surface area contributed by atoms with Crippen molar-refractivity contribution in [3.63, 3.8) is 0 Å². The van der Waals surface area contributed by atoms with Crippen LogP contribution in [0, 0.1) is 5.82 Å². The van der Waals surface area contributed by atoms with E-state index in [0.29, 0.717) is 6.20 Å². The van der Waals surface area contributed by atoms with Crippen LogP contribution in [0.2, 0.25) is 0 Å². The largest absolute Gasteiger partial charge is 0.492 e. The zero-order valence-electron chi connectivity index (χ0n) is 6.31. The van der Waals surface area contributed by atoms with Gasteiger partial charge in [-0.15, -0.1) is 0 Å². The summed E-state index contributed by atoms with van der Waals surface area (Å²) in [6.45, 7) is 0. The van der Waals surface area contributed by atoms with E-state index >= 15 is 0 Å². The Hall–Kier alpha value is -1.47. The van der Waals surface area contributed by atoms with E-state index in [0.717, 1.165) is 6.20 Å². The molecule has 3 N–H and O–H groups in total. The average molecular weight is 185 g/mol. The van der Waals surface area contributed by atoms with Crippen molar-refractivity contribution in [3.8, 4) is 0 Å². The molecule has 1 heterocycles. The van der Waals surface area contributed by atoms with Crippen molar-refractivity contribution in [2.75, 3.05) is 0 Å². The Morgan fingerprint density at radius 2 is 2.08 bits per heavy atom. The lowest BCUT2D eigenvalue weighted by Gasteiger charge is -2.04. The molecule has 0 amide bonds. The second-order valence-corrected chi connectivity index (χ2v) is 2.26. The van der Waals surface area contributed by atoms with E-state index in [-0.39, 0.29) is 0 Å². The molecular formula is C6H5BFNO4. The van der Waals surface area contributed by atoms with Gasteiger partial charge >= 0.3 is 13.1 Å². The van der Waals surface area contributed by atoms with Crippen LogP contribution in [0.15, 0.2) is 12.4 Å². The van der Waals surface area contributed by atoms with Crippen LogP contribution in [0.1, 0.15) is 10.4 Å². The van der Waals surface area contributed by atoms with Crippen molar-refractivity contribution in [1.29, 1.82) is 0 Å². The highest BCUT2D eigenvalue weighted by Gasteiger charge is 2.24. The fraction of sp³-hybridized carbons (Fsp3) is 0. The summed E-state index contributed by atoms with van der Waals surface area (Å²) in [6.07, 6.45) is 1.56. The Morgan fingerprint density at radius 1 is 1.46 bits per heavy atom. The number of pyridine rings is 1. The first kappa shape index (κ1) is 9.62. The van der Waals surface area contributed by atoms with E-state index in [1.54, 1.807) is 0 Å².